The summed E-state index contributed by atoms with van der Waals surface area (Å²) in [5, 5.41) is 14.5. The van der Waals surface area contributed by atoms with Gasteiger partial charge in [0.2, 0.25) is 6.20 Å². The fourth-order valence-corrected chi connectivity index (χ4v) is 3.67. The number of benzene rings is 1. The van der Waals surface area contributed by atoms with Crippen LogP contribution in [0.5, 0.6) is 11.7 Å². The Labute approximate surface area is 165 Å². The van der Waals surface area contributed by atoms with Gasteiger partial charge in [0.15, 0.2) is 0 Å². The Bertz CT molecular complexity index is 771. The van der Waals surface area contributed by atoms with Crippen molar-refractivity contribution >= 4 is 5.91 Å². The summed E-state index contributed by atoms with van der Waals surface area (Å²) in [6, 6.07) is 8.16. The van der Waals surface area contributed by atoms with Gasteiger partial charge in [0.25, 0.3) is 12.5 Å². The molecule has 1 fully saturated rings. The Morgan fingerprint density at radius 2 is 2.14 bits per heavy atom. The number of hydrogen-bond donors (Lipinski definition) is 0. The van der Waals surface area contributed by atoms with Crippen molar-refractivity contribution < 1.29 is 23.8 Å². The predicted octanol–water partition coefficient (Wildman–Crippen LogP) is 0.457. The van der Waals surface area contributed by atoms with Crippen LogP contribution in [0, 0.1) is 5.92 Å². The van der Waals surface area contributed by atoms with E-state index in [1.807, 2.05) is 18.2 Å². The van der Waals surface area contributed by atoms with Crippen molar-refractivity contribution in [3.8, 4) is 11.7 Å². The highest BCUT2D eigenvalue weighted by Crippen LogP contribution is 2.21. The van der Waals surface area contributed by atoms with Crippen LogP contribution in [0.2, 0.25) is 0 Å². The fraction of sp³-hybridized carbons (Fsp3) is 0.550. The van der Waals surface area contributed by atoms with Gasteiger partial charge in [-0.1, -0.05) is 22.9 Å². The number of methoxy groups -OCH3 is 1. The number of ether oxygens (including phenoxy) is 1. The van der Waals surface area contributed by atoms with Crippen molar-refractivity contribution in [1.29, 1.82) is 0 Å². The highest BCUT2D eigenvalue weighted by Gasteiger charge is 2.24. The molecule has 8 nitrogen and oxygen atoms in total. The Kier molecular flexibility index (Phi) is 6.86. The van der Waals surface area contributed by atoms with Crippen LogP contribution in [-0.4, -0.2) is 61.3 Å². The molecule has 3 rings (SSSR count). The van der Waals surface area contributed by atoms with E-state index in [9.17, 15) is 9.90 Å². The van der Waals surface area contributed by atoms with Gasteiger partial charge in [-0.2, -0.15) is 0 Å². The molecule has 1 aliphatic rings. The highest BCUT2D eigenvalue weighted by molar-refractivity contribution is 5.74. The van der Waals surface area contributed by atoms with E-state index in [1.54, 1.807) is 19.1 Å². The van der Waals surface area contributed by atoms with Crippen molar-refractivity contribution in [3.05, 3.63) is 36.0 Å². The highest BCUT2D eigenvalue weighted by atomic mass is 16.6. The van der Waals surface area contributed by atoms with E-state index in [4.69, 9.17) is 4.74 Å². The van der Waals surface area contributed by atoms with Gasteiger partial charge in [-0.3, -0.25) is 4.79 Å². The van der Waals surface area contributed by atoms with Crippen molar-refractivity contribution in [3.63, 3.8) is 0 Å². The average Bonchev–Trinajstić information content (AvgIpc) is 3.12. The minimum Gasteiger partial charge on any atom is -0.539 e. The first kappa shape index (κ1) is 20.1. The summed E-state index contributed by atoms with van der Waals surface area (Å²) in [6.45, 7) is 3.85. The molecule has 0 unspecified atom stereocenters. The van der Waals surface area contributed by atoms with Gasteiger partial charge < -0.3 is 24.2 Å². The van der Waals surface area contributed by atoms with Crippen LogP contribution in [-0.2, 0) is 17.8 Å². The molecule has 0 spiro atoms. The first-order valence-corrected chi connectivity index (χ1v) is 9.67. The van der Waals surface area contributed by atoms with E-state index >= 15 is 0 Å². The van der Waals surface area contributed by atoms with Crippen molar-refractivity contribution in [2.45, 2.75) is 25.8 Å². The molecule has 0 bridgehead atoms. The van der Waals surface area contributed by atoms with Gasteiger partial charge in [0, 0.05) is 20.1 Å². The van der Waals surface area contributed by atoms with Gasteiger partial charge in [-0.25, -0.2) is 0 Å². The molecule has 0 atom stereocenters. The third-order valence-electron chi connectivity index (χ3n) is 5.34. The normalized spacial score (nSPS) is 15.5. The van der Waals surface area contributed by atoms with E-state index in [0.29, 0.717) is 5.92 Å². The van der Waals surface area contributed by atoms with Crippen molar-refractivity contribution in [2.75, 3.05) is 40.3 Å². The van der Waals surface area contributed by atoms with Crippen LogP contribution in [0.25, 0.3) is 0 Å². The molecule has 0 N–H and O–H groups in total. The maximum absolute atomic E-state index is 12.3. The first-order chi connectivity index (χ1) is 13.5. The minimum absolute atomic E-state index is 0.0278. The lowest BCUT2D eigenvalue weighted by Gasteiger charge is -2.33. The van der Waals surface area contributed by atoms with Crippen LogP contribution in [0.3, 0.4) is 0 Å². The van der Waals surface area contributed by atoms with Gasteiger partial charge in [-0.05, 0) is 49.9 Å². The zero-order chi connectivity index (χ0) is 19.9. The lowest BCUT2D eigenvalue weighted by Crippen LogP contribution is -2.46. The summed E-state index contributed by atoms with van der Waals surface area (Å²) >= 11 is 0. The van der Waals surface area contributed by atoms with E-state index in [0.717, 1.165) is 51.2 Å². The van der Waals surface area contributed by atoms with E-state index in [1.165, 1.54) is 16.4 Å². The van der Waals surface area contributed by atoms with Gasteiger partial charge >= 0.3 is 0 Å². The monoisotopic (exact) mass is 388 g/mol. The smallest absolute Gasteiger partial charge is 0.290 e. The molecule has 8 heteroatoms. The third kappa shape index (κ3) is 5.45. The molecule has 1 aromatic carbocycles. The molecule has 1 aromatic heterocycles. The number of carbonyl (C=O) groups excluding carboxylic acids is 1. The number of amides is 1. The van der Waals surface area contributed by atoms with E-state index in [2.05, 4.69) is 20.8 Å². The SMILES string of the molecule is COc1ccccc1CCN1CCC(CN(C)C(=O)C[n+]2cc([O-])on2)CC1. The number of likely N-dealkylation sites (N-methyl/N-ethyl adjacent to an activating group) is 1. The molecule has 2 aromatic rings. The molecule has 1 amide bonds. The molecular formula is C20H28N4O4. The summed E-state index contributed by atoms with van der Waals surface area (Å²) in [5.74, 6) is 0.827. The van der Waals surface area contributed by atoms with Crippen LogP contribution in [0.1, 0.15) is 18.4 Å². The molecule has 1 aliphatic heterocycles. The molecular weight excluding hydrogens is 360 g/mol. The standard InChI is InChI=1S/C20H28N4O4/c1-22(19(25)14-24-15-20(26)28-21-24)13-16-7-10-23(11-8-16)12-9-17-5-3-4-6-18(17)27-2/h3-6,15-16H,7-14H2,1-2H3. The number of likely N-dealkylation sites (tertiary alicyclic amines) is 1. The third-order valence-corrected chi connectivity index (χ3v) is 5.34. The van der Waals surface area contributed by atoms with Gasteiger partial charge in [0.05, 0.1) is 12.4 Å². The van der Waals surface area contributed by atoms with Crippen molar-refractivity contribution in [2.24, 2.45) is 5.92 Å². The maximum Gasteiger partial charge on any atom is 0.290 e. The molecule has 0 saturated carbocycles. The number of carbonyl (C=O) groups is 1. The summed E-state index contributed by atoms with van der Waals surface area (Å²) in [4.78, 5) is 16.5. The largest absolute Gasteiger partial charge is 0.539 e. The molecule has 2 heterocycles. The van der Waals surface area contributed by atoms with Crippen LogP contribution in [0.4, 0.5) is 0 Å². The average molecular weight is 388 g/mol. The quantitative estimate of drug-likeness (QED) is 0.611. The van der Waals surface area contributed by atoms with Gasteiger partial charge in [-0.15, -0.1) is 0 Å². The molecule has 28 heavy (non-hydrogen) atoms. The predicted molar refractivity (Wildman–Crippen MR) is 99.6 cm³/mol. The Balaban J connectivity index is 1.39. The first-order valence-electron chi connectivity index (χ1n) is 9.67. The van der Waals surface area contributed by atoms with Crippen LogP contribution < -0.4 is 14.5 Å². The number of nitrogens with zero attached hydrogens (tertiary/aromatic N) is 4. The number of hydrogen-bond acceptors (Lipinski definition) is 6. The Hall–Kier alpha value is -2.61. The zero-order valence-corrected chi connectivity index (χ0v) is 16.5. The summed E-state index contributed by atoms with van der Waals surface area (Å²) < 4.78 is 11.1. The number of aromatic nitrogens is 2. The fourth-order valence-electron chi connectivity index (χ4n) is 3.67. The van der Waals surface area contributed by atoms with Gasteiger partial charge in [0.1, 0.15) is 11.7 Å². The Morgan fingerprint density at radius 1 is 1.39 bits per heavy atom. The number of para-hydroxylation sites is 1. The van der Waals surface area contributed by atoms with E-state index < -0.39 is 5.95 Å². The topological polar surface area (TPSA) is 85.8 Å². The molecule has 0 radical (unpaired) electrons. The molecule has 1 saturated heterocycles. The second-order valence-corrected chi connectivity index (χ2v) is 7.34. The second-order valence-electron chi connectivity index (χ2n) is 7.34. The van der Waals surface area contributed by atoms with Crippen molar-refractivity contribution in [1.82, 2.24) is 15.1 Å². The lowest BCUT2D eigenvalue weighted by molar-refractivity contribution is -0.751. The van der Waals surface area contributed by atoms with E-state index in [-0.39, 0.29) is 12.5 Å². The molecule has 152 valence electrons. The molecule has 0 aliphatic carbocycles. The Morgan fingerprint density at radius 3 is 2.82 bits per heavy atom. The lowest BCUT2D eigenvalue weighted by atomic mass is 9.96. The summed E-state index contributed by atoms with van der Waals surface area (Å²) in [5.41, 5.74) is 1.24. The summed E-state index contributed by atoms with van der Waals surface area (Å²) in [6.07, 6.45) is 4.31. The van der Waals surface area contributed by atoms with Crippen LogP contribution in [0.15, 0.2) is 35.0 Å². The van der Waals surface area contributed by atoms with Crippen LogP contribution >= 0.6 is 0 Å². The maximum atomic E-state index is 12.3. The minimum atomic E-state index is -0.545. The summed E-state index contributed by atoms with van der Waals surface area (Å²) in [7, 11) is 3.51. The number of piperidine rings is 1. The number of rotatable bonds is 8. The zero-order valence-electron chi connectivity index (χ0n) is 16.5. The second kappa shape index (κ2) is 9.54.